The summed E-state index contributed by atoms with van der Waals surface area (Å²) in [6, 6.07) is 2.15. The zero-order valence-corrected chi connectivity index (χ0v) is 14.4. The van der Waals surface area contributed by atoms with E-state index in [-0.39, 0.29) is 0 Å². The molecule has 0 radical (unpaired) electrons. The summed E-state index contributed by atoms with van der Waals surface area (Å²) in [5.41, 5.74) is 2.37. The monoisotopic (exact) mass is 322 g/mol. The zero-order chi connectivity index (χ0) is 15.1. The lowest BCUT2D eigenvalue weighted by Gasteiger charge is -2.10. The van der Waals surface area contributed by atoms with E-state index in [1.807, 2.05) is 0 Å². The van der Waals surface area contributed by atoms with Gasteiger partial charge in [-0.2, -0.15) is 0 Å². The fraction of sp³-hybridized carbons (Fsp3) is 0.467. The third kappa shape index (κ3) is 4.82. The van der Waals surface area contributed by atoms with Gasteiger partial charge in [-0.25, -0.2) is 9.98 Å². The quantitative estimate of drug-likeness (QED) is 0.633. The number of hydrogen-bond donors (Lipinski definition) is 2. The van der Waals surface area contributed by atoms with Gasteiger partial charge in [0.15, 0.2) is 5.96 Å². The predicted octanol–water partition coefficient (Wildman–Crippen LogP) is 3.33. The van der Waals surface area contributed by atoms with Crippen molar-refractivity contribution in [2.24, 2.45) is 4.99 Å². The van der Waals surface area contributed by atoms with Crippen molar-refractivity contribution in [3.63, 3.8) is 0 Å². The van der Waals surface area contributed by atoms with Crippen LogP contribution in [0.15, 0.2) is 21.8 Å². The van der Waals surface area contributed by atoms with Gasteiger partial charge in [0.2, 0.25) is 0 Å². The summed E-state index contributed by atoms with van der Waals surface area (Å²) in [5.74, 6) is 0.844. The molecule has 0 aliphatic heterocycles. The normalized spacial score (nSPS) is 11.7. The topological polar surface area (TPSA) is 49.3 Å². The summed E-state index contributed by atoms with van der Waals surface area (Å²) >= 11 is 3.48. The lowest BCUT2D eigenvalue weighted by molar-refractivity contribution is 0.817. The van der Waals surface area contributed by atoms with E-state index < -0.39 is 0 Å². The number of thiazole rings is 1. The first-order valence-electron chi connectivity index (χ1n) is 7.21. The third-order valence-corrected chi connectivity index (χ3v) is 5.09. The van der Waals surface area contributed by atoms with E-state index in [0.717, 1.165) is 31.2 Å². The number of guanidine groups is 1. The molecule has 0 fully saturated rings. The molecule has 114 valence electrons. The molecule has 0 atom stereocenters. The van der Waals surface area contributed by atoms with Crippen molar-refractivity contribution in [3.8, 4) is 0 Å². The summed E-state index contributed by atoms with van der Waals surface area (Å²) in [6.07, 6.45) is 0.990. The molecule has 0 aliphatic rings. The Hall–Kier alpha value is -1.40. The molecule has 0 unspecified atom stereocenters. The van der Waals surface area contributed by atoms with E-state index >= 15 is 0 Å². The third-order valence-electron chi connectivity index (χ3n) is 3.03. The molecular formula is C15H22N4S2. The summed E-state index contributed by atoms with van der Waals surface area (Å²) in [4.78, 5) is 10.5. The highest BCUT2D eigenvalue weighted by molar-refractivity contribution is 7.10. The highest BCUT2D eigenvalue weighted by atomic mass is 32.1. The van der Waals surface area contributed by atoms with Crippen molar-refractivity contribution in [2.45, 2.75) is 40.3 Å². The van der Waals surface area contributed by atoms with Crippen LogP contribution in [0.25, 0.3) is 0 Å². The van der Waals surface area contributed by atoms with Crippen molar-refractivity contribution in [1.82, 2.24) is 15.6 Å². The Kier molecular flexibility index (Phi) is 6.20. The number of thiophene rings is 1. The largest absolute Gasteiger partial charge is 0.357 e. The SMILES string of the molecule is CCNC(=NCc1csc(CC)n1)NCc1sccc1C. The van der Waals surface area contributed by atoms with Crippen LogP contribution >= 0.6 is 22.7 Å². The van der Waals surface area contributed by atoms with Gasteiger partial charge in [-0.15, -0.1) is 22.7 Å². The maximum Gasteiger partial charge on any atom is 0.191 e. The fourth-order valence-corrected chi connectivity index (χ4v) is 3.42. The number of hydrogen-bond acceptors (Lipinski definition) is 4. The molecule has 21 heavy (non-hydrogen) atoms. The van der Waals surface area contributed by atoms with Crippen LogP contribution in [0.3, 0.4) is 0 Å². The first kappa shape index (κ1) is 16.0. The highest BCUT2D eigenvalue weighted by Crippen LogP contribution is 2.15. The van der Waals surface area contributed by atoms with Gasteiger partial charge in [0.05, 0.1) is 23.8 Å². The predicted molar refractivity (Wildman–Crippen MR) is 92.2 cm³/mol. The van der Waals surface area contributed by atoms with E-state index in [0.29, 0.717) is 6.54 Å². The van der Waals surface area contributed by atoms with Gasteiger partial charge in [-0.3, -0.25) is 0 Å². The Morgan fingerprint density at radius 1 is 1.29 bits per heavy atom. The first-order chi connectivity index (χ1) is 10.2. The number of nitrogens with zero attached hydrogens (tertiary/aromatic N) is 2. The fourth-order valence-electron chi connectivity index (χ4n) is 1.83. The van der Waals surface area contributed by atoms with Gasteiger partial charge in [-0.05, 0) is 37.3 Å². The molecule has 6 heteroatoms. The Labute approximate surface area is 134 Å². The molecule has 2 N–H and O–H groups in total. The Bertz CT molecular complexity index is 586. The standard InChI is InChI=1S/C15H22N4S2/c1-4-14-19-12(10-21-14)8-17-15(16-5-2)18-9-13-11(3)6-7-20-13/h6-7,10H,4-5,8-9H2,1-3H3,(H2,16,17,18). The van der Waals surface area contributed by atoms with Gasteiger partial charge < -0.3 is 10.6 Å². The molecule has 0 aromatic carbocycles. The van der Waals surface area contributed by atoms with E-state index in [1.165, 1.54) is 15.4 Å². The van der Waals surface area contributed by atoms with Gasteiger partial charge in [0.25, 0.3) is 0 Å². The average Bonchev–Trinajstić information content (AvgIpc) is 3.11. The number of aryl methyl sites for hydroxylation is 2. The van der Waals surface area contributed by atoms with Crippen molar-refractivity contribution in [3.05, 3.63) is 38.0 Å². The van der Waals surface area contributed by atoms with E-state index in [4.69, 9.17) is 0 Å². The minimum Gasteiger partial charge on any atom is -0.357 e. The van der Waals surface area contributed by atoms with Crippen LogP contribution < -0.4 is 10.6 Å². The highest BCUT2D eigenvalue weighted by Gasteiger charge is 2.03. The van der Waals surface area contributed by atoms with E-state index in [9.17, 15) is 0 Å². The summed E-state index contributed by atoms with van der Waals surface area (Å²) in [5, 5.41) is 12.0. The van der Waals surface area contributed by atoms with Gasteiger partial charge in [-0.1, -0.05) is 6.92 Å². The summed E-state index contributed by atoms with van der Waals surface area (Å²) in [7, 11) is 0. The van der Waals surface area contributed by atoms with Crippen LogP contribution in [0.2, 0.25) is 0 Å². The molecule has 0 spiro atoms. The van der Waals surface area contributed by atoms with Crippen molar-refractivity contribution < 1.29 is 0 Å². The van der Waals surface area contributed by atoms with Gasteiger partial charge >= 0.3 is 0 Å². The molecule has 2 heterocycles. The molecule has 2 aromatic rings. The maximum absolute atomic E-state index is 4.60. The Balaban J connectivity index is 1.93. The molecule has 2 rings (SSSR count). The molecule has 0 saturated heterocycles. The summed E-state index contributed by atoms with van der Waals surface area (Å²) < 4.78 is 0. The number of nitrogens with one attached hydrogen (secondary N) is 2. The second-order valence-electron chi connectivity index (χ2n) is 4.66. The van der Waals surface area contributed by atoms with Crippen LogP contribution in [0.4, 0.5) is 0 Å². The minimum atomic E-state index is 0.620. The number of aromatic nitrogens is 1. The average molecular weight is 323 g/mol. The van der Waals surface area contributed by atoms with Gasteiger partial charge in [0.1, 0.15) is 0 Å². The molecule has 4 nitrogen and oxygen atoms in total. The zero-order valence-electron chi connectivity index (χ0n) is 12.8. The second kappa shape index (κ2) is 8.14. The molecule has 0 bridgehead atoms. The van der Waals surface area contributed by atoms with Crippen LogP contribution in [0.5, 0.6) is 0 Å². The molecular weight excluding hydrogens is 300 g/mol. The number of aliphatic imine (C=N–C) groups is 1. The Morgan fingerprint density at radius 3 is 2.76 bits per heavy atom. The van der Waals surface area contributed by atoms with Crippen LogP contribution in [-0.4, -0.2) is 17.5 Å². The van der Waals surface area contributed by atoms with Crippen molar-refractivity contribution in [1.29, 1.82) is 0 Å². The molecule has 0 saturated carbocycles. The number of rotatable bonds is 6. The maximum atomic E-state index is 4.60. The van der Waals surface area contributed by atoms with Crippen LogP contribution in [0, 0.1) is 6.92 Å². The minimum absolute atomic E-state index is 0.620. The summed E-state index contributed by atoms with van der Waals surface area (Å²) in [6.45, 7) is 8.63. The van der Waals surface area contributed by atoms with Crippen molar-refractivity contribution >= 4 is 28.6 Å². The molecule has 0 amide bonds. The van der Waals surface area contributed by atoms with Gasteiger partial charge in [0, 0.05) is 16.8 Å². The van der Waals surface area contributed by atoms with E-state index in [2.05, 4.69) is 58.2 Å². The molecule has 0 aliphatic carbocycles. The molecule has 2 aromatic heterocycles. The smallest absolute Gasteiger partial charge is 0.191 e. The lowest BCUT2D eigenvalue weighted by atomic mass is 10.3. The van der Waals surface area contributed by atoms with Crippen molar-refractivity contribution in [2.75, 3.05) is 6.54 Å². The Morgan fingerprint density at radius 2 is 2.14 bits per heavy atom. The first-order valence-corrected chi connectivity index (χ1v) is 8.97. The second-order valence-corrected chi connectivity index (χ2v) is 6.60. The van der Waals surface area contributed by atoms with Crippen LogP contribution in [-0.2, 0) is 19.5 Å². The van der Waals surface area contributed by atoms with Crippen LogP contribution in [0.1, 0.15) is 35.0 Å². The van der Waals surface area contributed by atoms with E-state index in [1.54, 1.807) is 22.7 Å². The lowest BCUT2D eigenvalue weighted by Crippen LogP contribution is -2.36.